The van der Waals surface area contributed by atoms with Gasteiger partial charge in [-0.2, -0.15) is 0 Å². The third-order valence-corrected chi connectivity index (χ3v) is 3.11. The van der Waals surface area contributed by atoms with Gasteiger partial charge in [0.1, 0.15) is 5.82 Å². The number of hydrogen-bond acceptors (Lipinski definition) is 3. The minimum Gasteiger partial charge on any atom is -0.340 e. The lowest BCUT2D eigenvalue weighted by molar-refractivity contribution is 0.496. The second-order valence-corrected chi connectivity index (χ2v) is 4.57. The zero-order chi connectivity index (χ0) is 13.0. The van der Waals surface area contributed by atoms with Crippen LogP contribution >= 0.6 is 0 Å². The van der Waals surface area contributed by atoms with Gasteiger partial charge in [-0.25, -0.2) is 9.97 Å². The van der Waals surface area contributed by atoms with Crippen LogP contribution in [-0.4, -0.2) is 25.6 Å². The van der Waals surface area contributed by atoms with E-state index in [1.807, 2.05) is 37.4 Å². The summed E-state index contributed by atoms with van der Waals surface area (Å²) in [5, 5.41) is 3.48. The molecule has 0 amide bonds. The van der Waals surface area contributed by atoms with Crippen molar-refractivity contribution >= 4 is 0 Å². The molecular formula is C13H21N5. The molecule has 1 atom stereocenters. The molecule has 5 nitrogen and oxygen atoms in total. The molecule has 0 spiro atoms. The van der Waals surface area contributed by atoms with Crippen molar-refractivity contribution in [1.29, 1.82) is 0 Å². The number of nitrogens with zero attached hydrogens (tertiary/aromatic N) is 4. The molecule has 0 aliphatic heterocycles. The maximum Gasteiger partial charge on any atom is 0.108 e. The van der Waals surface area contributed by atoms with Gasteiger partial charge in [0.25, 0.3) is 0 Å². The number of hydrogen-bond donors (Lipinski definition) is 1. The number of nitrogens with one attached hydrogen (secondary N) is 1. The maximum atomic E-state index is 4.43. The molecule has 2 rings (SSSR count). The third-order valence-electron chi connectivity index (χ3n) is 3.11. The molecule has 0 saturated carbocycles. The first-order valence-electron chi connectivity index (χ1n) is 6.38. The molecule has 98 valence electrons. The first-order valence-corrected chi connectivity index (χ1v) is 6.38. The SMILES string of the molecule is CCNC(CCc1nccn1C)c1cn(C)cn1. The van der Waals surface area contributed by atoms with E-state index < -0.39 is 0 Å². The average Bonchev–Trinajstić information content (AvgIpc) is 2.94. The van der Waals surface area contributed by atoms with E-state index >= 15 is 0 Å². The number of imidazole rings is 2. The summed E-state index contributed by atoms with van der Waals surface area (Å²) in [4.78, 5) is 8.79. The molecule has 0 saturated heterocycles. The van der Waals surface area contributed by atoms with Crippen molar-refractivity contribution in [3.63, 3.8) is 0 Å². The number of aromatic nitrogens is 4. The van der Waals surface area contributed by atoms with Gasteiger partial charge in [-0.3, -0.25) is 0 Å². The molecule has 5 heteroatoms. The highest BCUT2D eigenvalue weighted by molar-refractivity contribution is 5.04. The second-order valence-electron chi connectivity index (χ2n) is 4.57. The lowest BCUT2D eigenvalue weighted by atomic mass is 10.1. The van der Waals surface area contributed by atoms with Crippen LogP contribution in [-0.2, 0) is 20.5 Å². The standard InChI is InChI=1S/C13H21N5/c1-4-14-11(12-9-17(2)10-16-12)5-6-13-15-7-8-18(13)3/h7-11,14H,4-6H2,1-3H3. The zero-order valence-corrected chi connectivity index (χ0v) is 11.3. The van der Waals surface area contributed by atoms with Crippen molar-refractivity contribution in [2.75, 3.05) is 6.54 Å². The van der Waals surface area contributed by atoms with Gasteiger partial charge in [-0.15, -0.1) is 0 Å². The highest BCUT2D eigenvalue weighted by atomic mass is 15.0. The van der Waals surface area contributed by atoms with E-state index in [1.165, 1.54) is 0 Å². The van der Waals surface area contributed by atoms with Gasteiger partial charge >= 0.3 is 0 Å². The van der Waals surface area contributed by atoms with Crippen molar-refractivity contribution in [1.82, 2.24) is 24.4 Å². The van der Waals surface area contributed by atoms with E-state index in [0.717, 1.165) is 30.9 Å². The quantitative estimate of drug-likeness (QED) is 0.840. The topological polar surface area (TPSA) is 47.7 Å². The van der Waals surface area contributed by atoms with Crippen LogP contribution < -0.4 is 5.32 Å². The Labute approximate surface area is 108 Å². The van der Waals surface area contributed by atoms with Crippen molar-refractivity contribution in [3.05, 3.63) is 36.4 Å². The Balaban J connectivity index is 2.01. The zero-order valence-electron chi connectivity index (χ0n) is 11.3. The summed E-state index contributed by atoms with van der Waals surface area (Å²) < 4.78 is 4.06. The largest absolute Gasteiger partial charge is 0.340 e. The fraction of sp³-hybridized carbons (Fsp3) is 0.538. The van der Waals surface area contributed by atoms with Gasteiger partial charge in [0, 0.05) is 39.1 Å². The summed E-state index contributed by atoms with van der Waals surface area (Å²) in [6.07, 6.45) is 9.72. The molecule has 0 aromatic carbocycles. The molecule has 0 radical (unpaired) electrons. The number of rotatable bonds is 6. The van der Waals surface area contributed by atoms with Gasteiger partial charge in [0.15, 0.2) is 0 Å². The summed E-state index contributed by atoms with van der Waals surface area (Å²) in [7, 11) is 4.03. The number of aryl methyl sites for hydroxylation is 3. The summed E-state index contributed by atoms with van der Waals surface area (Å²) in [6, 6.07) is 0.299. The molecule has 2 aromatic heterocycles. The van der Waals surface area contributed by atoms with Crippen LogP contribution in [0.25, 0.3) is 0 Å². The monoisotopic (exact) mass is 247 g/mol. The fourth-order valence-corrected chi connectivity index (χ4v) is 2.12. The van der Waals surface area contributed by atoms with Gasteiger partial charge in [0.05, 0.1) is 18.1 Å². The Kier molecular flexibility index (Phi) is 4.15. The van der Waals surface area contributed by atoms with E-state index in [-0.39, 0.29) is 0 Å². The van der Waals surface area contributed by atoms with Crippen molar-refractivity contribution < 1.29 is 0 Å². The van der Waals surface area contributed by atoms with E-state index in [9.17, 15) is 0 Å². The first-order chi connectivity index (χ1) is 8.70. The van der Waals surface area contributed by atoms with Gasteiger partial charge in [-0.05, 0) is 13.0 Å². The highest BCUT2D eigenvalue weighted by Gasteiger charge is 2.13. The van der Waals surface area contributed by atoms with Crippen molar-refractivity contribution in [2.45, 2.75) is 25.8 Å². The summed E-state index contributed by atoms with van der Waals surface area (Å²) >= 11 is 0. The minimum absolute atomic E-state index is 0.299. The third kappa shape index (κ3) is 2.98. The molecule has 2 aromatic rings. The average molecular weight is 247 g/mol. The molecule has 18 heavy (non-hydrogen) atoms. The summed E-state index contributed by atoms with van der Waals surface area (Å²) in [5.41, 5.74) is 1.11. The Hall–Kier alpha value is -1.62. The molecule has 0 bridgehead atoms. The Morgan fingerprint density at radius 3 is 2.72 bits per heavy atom. The predicted molar refractivity (Wildman–Crippen MR) is 71.2 cm³/mol. The maximum absolute atomic E-state index is 4.43. The van der Waals surface area contributed by atoms with Crippen LogP contribution in [0.1, 0.15) is 30.9 Å². The lowest BCUT2D eigenvalue weighted by Crippen LogP contribution is -2.22. The molecule has 0 aliphatic rings. The Bertz CT molecular complexity index is 485. The predicted octanol–water partition coefficient (Wildman–Crippen LogP) is 1.44. The van der Waals surface area contributed by atoms with Crippen LogP contribution in [0.3, 0.4) is 0 Å². The molecule has 0 aliphatic carbocycles. The van der Waals surface area contributed by atoms with Crippen molar-refractivity contribution in [3.8, 4) is 0 Å². The molecule has 2 heterocycles. The van der Waals surface area contributed by atoms with Crippen LogP contribution in [0.4, 0.5) is 0 Å². The minimum atomic E-state index is 0.299. The van der Waals surface area contributed by atoms with E-state index in [1.54, 1.807) is 0 Å². The fourth-order valence-electron chi connectivity index (χ4n) is 2.12. The normalized spacial score (nSPS) is 12.8. The lowest BCUT2D eigenvalue weighted by Gasteiger charge is -2.15. The van der Waals surface area contributed by atoms with Crippen LogP contribution in [0.5, 0.6) is 0 Å². The van der Waals surface area contributed by atoms with Gasteiger partial charge < -0.3 is 14.5 Å². The van der Waals surface area contributed by atoms with E-state index in [2.05, 4.69) is 33.0 Å². The molecule has 1 unspecified atom stereocenters. The smallest absolute Gasteiger partial charge is 0.108 e. The summed E-state index contributed by atoms with van der Waals surface area (Å²) in [6.45, 7) is 3.07. The van der Waals surface area contributed by atoms with E-state index in [4.69, 9.17) is 0 Å². The highest BCUT2D eigenvalue weighted by Crippen LogP contribution is 2.16. The van der Waals surface area contributed by atoms with Gasteiger partial charge in [-0.1, -0.05) is 6.92 Å². The summed E-state index contributed by atoms with van der Waals surface area (Å²) in [5.74, 6) is 1.12. The molecular weight excluding hydrogens is 226 g/mol. The molecule has 0 fully saturated rings. The van der Waals surface area contributed by atoms with E-state index in [0.29, 0.717) is 6.04 Å². The van der Waals surface area contributed by atoms with Crippen LogP contribution in [0, 0.1) is 0 Å². The Morgan fingerprint density at radius 2 is 2.17 bits per heavy atom. The second kappa shape index (κ2) is 5.82. The Morgan fingerprint density at radius 1 is 1.33 bits per heavy atom. The van der Waals surface area contributed by atoms with Crippen molar-refractivity contribution in [2.24, 2.45) is 14.1 Å². The first kappa shape index (κ1) is 12.8. The van der Waals surface area contributed by atoms with Gasteiger partial charge in [0.2, 0.25) is 0 Å². The van der Waals surface area contributed by atoms with Crippen LogP contribution in [0.15, 0.2) is 24.9 Å². The molecule has 1 N–H and O–H groups in total. The van der Waals surface area contributed by atoms with Crippen LogP contribution in [0.2, 0.25) is 0 Å².